The Morgan fingerprint density at radius 1 is 1.42 bits per heavy atom. The van der Waals surface area contributed by atoms with E-state index >= 15 is 0 Å². The minimum atomic E-state index is -0.326. The molecule has 1 N–H and O–H groups in total. The van der Waals surface area contributed by atoms with Gasteiger partial charge >= 0.3 is 0 Å². The highest BCUT2D eigenvalue weighted by molar-refractivity contribution is 9.10. The van der Waals surface area contributed by atoms with Crippen LogP contribution in [0.25, 0.3) is 0 Å². The van der Waals surface area contributed by atoms with Crippen LogP contribution in [0.3, 0.4) is 0 Å². The van der Waals surface area contributed by atoms with Gasteiger partial charge in [-0.1, -0.05) is 6.07 Å². The zero-order chi connectivity index (χ0) is 13.8. The Labute approximate surface area is 124 Å². The maximum Gasteiger partial charge on any atom is 0.165 e. The van der Waals surface area contributed by atoms with Gasteiger partial charge in [-0.2, -0.15) is 0 Å². The summed E-state index contributed by atoms with van der Waals surface area (Å²) in [6.07, 6.45) is 0.832. The summed E-state index contributed by atoms with van der Waals surface area (Å²) >= 11 is 5.14. The Hall–Kier alpha value is -0.910. The summed E-state index contributed by atoms with van der Waals surface area (Å²) in [7, 11) is 3.35. The molecule has 0 bridgehead atoms. The number of ether oxygens (including phenoxy) is 1. The van der Waals surface area contributed by atoms with Gasteiger partial charge in [-0.3, -0.25) is 0 Å². The smallest absolute Gasteiger partial charge is 0.165 e. The average Bonchev–Trinajstić information content (AvgIpc) is 2.81. The largest absolute Gasteiger partial charge is 0.494 e. The standard InChI is InChI=1S/C14H15BrFNOS/c1-17-13(7-11-6-10(15)8-19-11)9-3-4-14(18-2)12(16)5-9/h3-6,8,13,17H,7H2,1-2H3. The predicted molar refractivity (Wildman–Crippen MR) is 80.5 cm³/mol. The summed E-state index contributed by atoms with van der Waals surface area (Å²) in [6.45, 7) is 0. The predicted octanol–water partition coefficient (Wildman–Crippen LogP) is 4.16. The van der Waals surface area contributed by atoms with E-state index in [1.807, 2.05) is 13.1 Å². The summed E-state index contributed by atoms with van der Waals surface area (Å²) < 4.78 is 19.8. The highest BCUT2D eigenvalue weighted by Gasteiger charge is 2.14. The van der Waals surface area contributed by atoms with E-state index in [4.69, 9.17) is 4.74 Å². The molecule has 0 amide bonds. The van der Waals surface area contributed by atoms with Gasteiger partial charge in [0.15, 0.2) is 11.6 Å². The van der Waals surface area contributed by atoms with Crippen molar-refractivity contribution in [3.63, 3.8) is 0 Å². The van der Waals surface area contributed by atoms with Gasteiger partial charge < -0.3 is 10.1 Å². The molecule has 1 heterocycles. The molecule has 0 fully saturated rings. The third-order valence-corrected chi connectivity index (χ3v) is 4.67. The molecule has 0 saturated heterocycles. The number of halogens is 2. The monoisotopic (exact) mass is 343 g/mol. The second-order valence-electron chi connectivity index (χ2n) is 4.17. The van der Waals surface area contributed by atoms with Crippen LogP contribution in [-0.4, -0.2) is 14.2 Å². The van der Waals surface area contributed by atoms with Crippen LogP contribution >= 0.6 is 27.3 Å². The van der Waals surface area contributed by atoms with Crippen molar-refractivity contribution < 1.29 is 9.13 Å². The molecular weight excluding hydrogens is 329 g/mol. The minimum absolute atomic E-state index is 0.0888. The molecular formula is C14H15BrFNOS. The van der Waals surface area contributed by atoms with Gasteiger partial charge in [0, 0.05) is 27.2 Å². The van der Waals surface area contributed by atoms with Gasteiger partial charge in [-0.25, -0.2) is 4.39 Å². The fourth-order valence-electron chi connectivity index (χ4n) is 1.95. The molecule has 1 atom stereocenters. The van der Waals surface area contributed by atoms with Crippen LogP contribution in [0.15, 0.2) is 34.1 Å². The van der Waals surface area contributed by atoms with Gasteiger partial charge in [0.2, 0.25) is 0 Å². The molecule has 0 aliphatic carbocycles. The number of hydrogen-bond acceptors (Lipinski definition) is 3. The van der Waals surface area contributed by atoms with E-state index in [2.05, 4.69) is 32.7 Å². The first-order valence-electron chi connectivity index (χ1n) is 5.87. The van der Waals surface area contributed by atoms with Gasteiger partial charge in [0.25, 0.3) is 0 Å². The number of methoxy groups -OCH3 is 1. The number of thiophene rings is 1. The normalized spacial score (nSPS) is 12.4. The Bertz CT molecular complexity index is 558. The lowest BCUT2D eigenvalue weighted by Crippen LogP contribution is -2.18. The molecule has 2 aromatic rings. The Morgan fingerprint density at radius 2 is 2.21 bits per heavy atom. The van der Waals surface area contributed by atoms with Crippen LogP contribution in [0.1, 0.15) is 16.5 Å². The zero-order valence-electron chi connectivity index (χ0n) is 10.7. The van der Waals surface area contributed by atoms with Gasteiger partial charge in [-0.15, -0.1) is 11.3 Å². The highest BCUT2D eigenvalue weighted by Crippen LogP contribution is 2.27. The van der Waals surface area contributed by atoms with E-state index in [9.17, 15) is 4.39 Å². The number of benzene rings is 1. The first kappa shape index (κ1) is 14.5. The molecule has 2 nitrogen and oxygen atoms in total. The second-order valence-corrected chi connectivity index (χ2v) is 6.08. The minimum Gasteiger partial charge on any atom is -0.494 e. The van der Waals surface area contributed by atoms with Crippen molar-refractivity contribution >= 4 is 27.3 Å². The number of nitrogens with one attached hydrogen (secondary N) is 1. The maximum atomic E-state index is 13.7. The first-order chi connectivity index (χ1) is 9.13. The summed E-state index contributed by atoms with van der Waals surface area (Å²) in [5.74, 6) is -0.0509. The molecule has 1 unspecified atom stereocenters. The van der Waals surface area contributed by atoms with Crippen molar-refractivity contribution in [1.82, 2.24) is 5.32 Å². The molecule has 19 heavy (non-hydrogen) atoms. The van der Waals surface area contributed by atoms with Gasteiger partial charge in [-0.05, 0) is 46.7 Å². The van der Waals surface area contributed by atoms with Crippen LogP contribution in [0.2, 0.25) is 0 Å². The summed E-state index contributed by atoms with van der Waals surface area (Å²) in [5, 5.41) is 5.28. The van der Waals surface area contributed by atoms with Crippen molar-refractivity contribution in [1.29, 1.82) is 0 Å². The fourth-order valence-corrected chi connectivity index (χ4v) is 3.45. The van der Waals surface area contributed by atoms with Crippen molar-refractivity contribution in [2.45, 2.75) is 12.5 Å². The second kappa shape index (κ2) is 6.50. The molecule has 1 aromatic heterocycles. The van der Waals surface area contributed by atoms with E-state index in [1.165, 1.54) is 18.1 Å². The lowest BCUT2D eigenvalue weighted by molar-refractivity contribution is 0.385. The fraction of sp³-hybridized carbons (Fsp3) is 0.286. The summed E-state index contributed by atoms with van der Waals surface area (Å²) in [5.41, 5.74) is 0.922. The molecule has 0 aliphatic heterocycles. The molecule has 1 aromatic carbocycles. The van der Waals surface area contributed by atoms with Crippen LogP contribution in [0.5, 0.6) is 5.75 Å². The summed E-state index contributed by atoms with van der Waals surface area (Å²) in [6, 6.07) is 7.27. The quantitative estimate of drug-likeness (QED) is 0.879. The summed E-state index contributed by atoms with van der Waals surface area (Å²) in [4.78, 5) is 1.25. The van der Waals surface area contributed by atoms with Crippen molar-refractivity contribution in [3.05, 3.63) is 50.4 Å². The lowest BCUT2D eigenvalue weighted by atomic mass is 10.0. The van der Waals surface area contributed by atoms with Gasteiger partial charge in [0.05, 0.1) is 7.11 Å². The van der Waals surface area contributed by atoms with E-state index in [-0.39, 0.29) is 17.6 Å². The van der Waals surface area contributed by atoms with Crippen molar-refractivity contribution in [3.8, 4) is 5.75 Å². The van der Waals surface area contributed by atoms with E-state index in [0.717, 1.165) is 16.5 Å². The van der Waals surface area contributed by atoms with E-state index in [0.29, 0.717) is 0 Å². The van der Waals surface area contributed by atoms with Crippen molar-refractivity contribution in [2.24, 2.45) is 0 Å². The van der Waals surface area contributed by atoms with Crippen LogP contribution in [-0.2, 0) is 6.42 Å². The van der Waals surface area contributed by atoms with Crippen LogP contribution < -0.4 is 10.1 Å². The topological polar surface area (TPSA) is 21.3 Å². The van der Waals surface area contributed by atoms with E-state index in [1.54, 1.807) is 17.4 Å². The Balaban J connectivity index is 2.19. The SMILES string of the molecule is CNC(Cc1cc(Br)cs1)c1ccc(OC)c(F)c1. The third-order valence-electron chi connectivity index (χ3n) is 2.95. The van der Waals surface area contributed by atoms with Gasteiger partial charge in [0.1, 0.15) is 0 Å². The van der Waals surface area contributed by atoms with Crippen LogP contribution in [0.4, 0.5) is 4.39 Å². The van der Waals surface area contributed by atoms with Crippen LogP contribution in [0, 0.1) is 5.82 Å². The molecule has 0 spiro atoms. The Morgan fingerprint density at radius 3 is 2.74 bits per heavy atom. The molecule has 2 rings (SSSR count). The molecule has 5 heteroatoms. The molecule has 0 saturated carbocycles. The van der Waals surface area contributed by atoms with E-state index < -0.39 is 0 Å². The highest BCUT2D eigenvalue weighted by atomic mass is 79.9. The first-order valence-corrected chi connectivity index (χ1v) is 7.55. The lowest BCUT2D eigenvalue weighted by Gasteiger charge is -2.16. The third kappa shape index (κ3) is 3.55. The Kier molecular flexibility index (Phi) is 4.96. The number of rotatable bonds is 5. The zero-order valence-corrected chi connectivity index (χ0v) is 13.1. The number of likely N-dealkylation sites (N-methyl/N-ethyl adjacent to an activating group) is 1. The molecule has 0 aliphatic rings. The average molecular weight is 344 g/mol. The maximum absolute atomic E-state index is 13.7. The molecule has 102 valence electrons. The van der Waals surface area contributed by atoms with Crippen molar-refractivity contribution in [2.75, 3.05) is 14.2 Å². The molecule has 0 radical (unpaired) electrons. The number of hydrogen-bond donors (Lipinski definition) is 1.